The number of hydrogen-bond acceptors (Lipinski definition) is 3. The van der Waals surface area contributed by atoms with Gasteiger partial charge in [-0.3, -0.25) is 4.79 Å². The first kappa shape index (κ1) is 13.6. The van der Waals surface area contributed by atoms with Gasteiger partial charge in [0.15, 0.2) is 0 Å². The molecule has 2 heterocycles. The molecule has 0 aliphatic carbocycles. The third-order valence-electron chi connectivity index (χ3n) is 3.21. The minimum atomic E-state index is 0.0280. The van der Waals surface area contributed by atoms with Gasteiger partial charge in [0.2, 0.25) is 0 Å². The SMILES string of the molecule is NCC#Cc1ccc(C(=O)N2CCCCCC2)nc1. The van der Waals surface area contributed by atoms with Crippen LogP contribution in [0.25, 0.3) is 0 Å². The van der Waals surface area contributed by atoms with Crippen molar-refractivity contribution < 1.29 is 4.79 Å². The fourth-order valence-electron chi connectivity index (χ4n) is 2.18. The number of nitrogens with two attached hydrogens (primary N) is 1. The standard InChI is InChI=1S/C15H19N3O/c16-9-5-6-13-7-8-14(17-12-13)15(19)18-10-3-1-2-4-11-18/h7-8,12H,1-4,9-11,16H2. The van der Waals surface area contributed by atoms with Crippen LogP contribution in [0.5, 0.6) is 0 Å². The number of pyridine rings is 1. The number of aromatic nitrogens is 1. The van der Waals surface area contributed by atoms with Crippen molar-refractivity contribution in [3.8, 4) is 11.8 Å². The van der Waals surface area contributed by atoms with E-state index in [-0.39, 0.29) is 5.91 Å². The average Bonchev–Trinajstić information content (AvgIpc) is 2.74. The van der Waals surface area contributed by atoms with Crippen LogP contribution in [-0.4, -0.2) is 35.4 Å². The Balaban J connectivity index is 2.06. The number of hydrogen-bond donors (Lipinski definition) is 1. The molecule has 1 aliphatic rings. The molecule has 2 N–H and O–H groups in total. The quantitative estimate of drug-likeness (QED) is 0.774. The van der Waals surface area contributed by atoms with E-state index in [1.165, 1.54) is 12.8 Å². The van der Waals surface area contributed by atoms with Crippen LogP contribution in [0.3, 0.4) is 0 Å². The number of amides is 1. The summed E-state index contributed by atoms with van der Waals surface area (Å²) in [5.41, 5.74) is 6.60. The third-order valence-corrected chi connectivity index (χ3v) is 3.21. The van der Waals surface area contributed by atoms with Crippen LogP contribution in [0, 0.1) is 11.8 Å². The van der Waals surface area contributed by atoms with Crippen LogP contribution in [0.15, 0.2) is 18.3 Å². The summed E-state index contributed by atoms with van der Waals surface area (Å²) in [6.07, 6.45) is 6.24. The van der Waals surface area contributed by atoms with E-state index in [0.717, 1.165) is 31.5 Å². The maximum atomic E-state index is 12.3. The number of likely N-dealkylation sites (tertiary alicyclic amines) is 1. The highest BCUT2D eigenvalue weighted by Crippen LogP contribution is 2.12. The molecule has 0 aromatic carbocycles. The zero-order valence-electron chi connectivity index (χ0n) is 11.1. The van der Waals surface area contributed by atoms with E-state index >= 15 is 0 Å². The Morgan fingerprint density at radius 1 is 1.26 bits per heavy atom. The molecule has 100 valence electrons. The summed E-state index contributed by atoms with van der Waals surface area (Å²) in [7, 11) is 0. The molecule has 1 aromatic heterocycles. The Morgan fingerprint density at radius 2 is 2.00 bits per heavy atom. The van der Waals surface area contributed by atoms with E-state index < -0.39 is 0 Å². The van der Waals surface area contributed by atoms with Crippen LogP contribution < -0.4 is 5.73 Å². The first-order chi connectivity index (χ1) is 9.31. The van der Waals surface area contributed by atoms with Gasteiger partial charge in [0.05, 0.1) is 6.54 Å². The van der Waals surface area contributed by atoms with Gasteiger partial charge in [0.1, 0.15) is 5.69 Å². The van der Waals surface area contributed by atoms with Crippen LogP contribution in [0.2, 0.25) is 0 Å². The molecule has 0 radical (unpaired) electrons. The highest BCUT2D eigenvalue weighted by atomic mass is 16.2. The first-order valence-corrected chi connectivity index (χ1v) is 6.75. The van der Waals surface area contributed by atoms with Gasteiger partial charge in [-0.2, -0.15) is 0 Å². The smallest absolute Gasteiger partial charge is 0.272 e. The van der Waals surface area contributed by atoms with Crippen LogP contribution >= 0.6 is 0 Å². The van der Waals surface area contributed by atoms with Gasteiger partial charge in [-0.1, -0.05) is 24.7 Å². The second-order valence-electron chi connectivity index (χ2n) is 4.64. The molecule has 4 nitrogen and oxygen atoms in total. The van der Waals surface area contributed by atoms with Gasteiger partial charge in [-0.25, -0.2) is 4.98 Å². The lowest BCUT2D eigenvalue weighted by Crippen LogP contribution is -2.32. The van der Waals surface area contributed by atoms with E-state index in [4.69, 9.17) is 5.73 Å². The van der Waals surface area contributed by atoms with Crippen molar-refractivity contribution >= 4 is 5.91 Å². The van der Waals surface area contributed by atoms with Crippen molar-refractivity contribution in [1.29, 1.82) is 0 Å². The summed E-state index contributed by atoms with van der Waals surface area (Å²) in [5, 5.41) is 0. The van der Waals surface area contributed by atoms with E-state index in [1.54, 1.807) is 12.3 Å². The van der Waals surface area contributed by atoms with Crippen molar-refractivity contribution in [1.82, 2.24) is 9.88 Å². The average molecular weight is 257 g/mol. The molecule has 1 fully saturated rings. The second-order valence-corrected chi connectivity index (χ2v) is 4.64. The Bertz CT molecular complexity index is 476. The maximum absolute atomic E-state index is 12.3. The lowest BCUT2D eigenvalue weighted by atomic mass is 10.2. The fourth-order valence-corrected chi connectivity index (χ4v) is 2.18. The summed E-state index contributed by atoms with van der Waals surface area (Å²) in [5.74, 6) is 5.69. The maximum Gasteiger partial charge on any atom is 0.272 e. The molecular formula is C15H19N3O. The van der Waals surface area contributed by atoms with Crippen molar-refractivity contribution in [3.63, 3.8) is 0 Å². The molecular weight excluding hydrogens is 238 g/mol. The molecule has 1 aliphatic heterocycles. The third kappa shape index (κ3) is 3.80. The summed E-state index contributed by atoms with van der Waals surface area (Å²) in [6.45, 7) is 2.01. The van der Waals surface area contributed by atoms with Gasteiger partial charge in [0.25, 0.3) is 5.91 Å². The zero-order chi connectivity index (χ0) is 13.5. The van der Waals surface area contributed by atoms with Gasteiger partial charge >= 0.3 is 0 Å². The largest absolute Gasteiger partial charge is 0.337 e. The fraction of sp³-hybridized carbons (Fsp3) is 0.467. The van der Waals surface area contributed by atoms with Crippen molar-refractivity contribution in [2.24, 2.45) is 5.73 Å². The van der Waals surface area contributed by atoms with Crippen LogP contribution in [0.1, 0.15) is 41.7 Å². The number of carbonyl (C=O) groups excluding carboxylic acids is 1. The van der Waals surface area contributed by atoms with Crippen molar-refractivity contribution in [2.75, 3.05) is 19.6 Å². The van der Waals surface area contributed by atoms with Gasteiger partial charge in [0, 0.05) is 24.8 Å². The summed E-state index contributed by atoms with van der Waals surface area (Å²) < 4.78 is 0. The molecule has 1 amide bonds. The molecule has 2 rings (SSSR count). The molecule has 0 atom stereocenters. The predicted octanol–water partition coefficient (Wildman–Crippen LogP) is 1.41. The van der Waals surface area contributed by atoms with E-state index in [1.807, 2.05) is 11.0 Å². The number of nitrogens with zero attached hydrogens (tertiary/aromatic N) is 2. The van der Waals surface area contributed by atoms with Crippen molar-refractivity contribution in [2.45, 2.75) is 25.7 Å². The predicted molar refractivity (Wildman–Crippen MR) is 74.5 cm³/mol. The van der Waals surface area contributed by atoms with Gasteiger partial charge in [-0.15, -0.1) is 0 Å². The highest BCUT2D eigenvalue weighted by molar-refractivity contribution is 5.92. The Morgan fingerprint density at radius 3 is 2.58 bits per heavy atom. The normalized spacial score (nSPS) is 15.3. The van der Waals surface area contributed by atoms with Crippen LogP contribution in [-0.2, 0) is 0 Å². The minimum absolute atomic E-state index is 0.0280. The second kappa shape index (κ2) is 6.91. The summed E-state index contributed by atoms with van der Waals surface area (Å²) in [6, 6.07) is 3.56. The topological polar surface area (TPSA) is 59.2 Å². The first-order valence-electron chi connectivity index (χ1n) is 6.75. The highest BCUT2D eigenvalue weighted by Gasteiger charge is 2.17. The molecule has 19 heavy (non-hydrogen) atoms. The van der Waals surface area contributed by atoms with Crippen molar-refractivity contribution in [3.05, 3.63) is 29.6 Å². The molecule has 0 unspecified atom stereocenters. The lowest BCUT2D eigenvalue weighted by molar-refractivity contribution is 0.0756. The zero-order valence-corrected chi connectivity index (χ0v) is 11.1. The molecule has 1 saturated heterocycles. The Kier molecular flexibility index (Phi) is 4.93. The van der Waals surface area contributed by atoms with Gasteiger partial charge in [-0.05, 0) is 25.0 Å². The lowest BCUT2D eigenvalue weighted by Gasteiger charge is -2.19. The monoisotopic (exact) mass is 257 g/mol. The minimum Gasteiger partial charge on any atom is -0.337 e. The number of carbonyl (C=O) groups is 1. The van der Waals surface area contributed by atoms with Crippen LogP contribution in [0.4, 0.5) is 0 Å². The molecule has 4 heteroatoms. The van der Waals surface area contributed by atoms with E-state index in [2.05, 4.69) is 16.8 Å². The molecule has 0 bridgehead atoms. The molecule has 0 spiro atoms. The van der Waals surface area contributed by atoms with E-state index in [9.17, 15) is 4.79 Å². The van der Waals surface area contributed by atoms with Gasteiger partial charge < -0.3 is 10.6 Å². The Labute approximate surface area is 114 Å². The Hall–Kier alpha value is -1.86. The number of rotatable bonds is 1. The molecule has 0 saturated carbocycles. The molecule has 1 aromatic rings. The summed E-state index contributed by atoms with van der Waals surface area (Å²) in [4.78, 5) is 18.4. The van der Waals surface area contributed by atoms with E-state index in [0.29, 0.717) is 12.2 Å². The summed E-state index contributed by atoms with van der Waals surface area (Å²) >= 11 is 0.